The largest absolute Gasteiger partial charge is 0.492 e. The van der Waals surface area contributed by atoms with E-state index in [0.717, 1.165) is 5.75 Å². The number of nitrogens with two attached hydrogens (primary N) is 1. The fourth-order valence-corrected chi connectivity index (χ4v) is 0.820. The fraction of sp³-hybridized carbons (Fsp3) is 0.300. The average Bonchev–Trinajstić information content (AvgIpc) is 2.15. The maximum absolute atomic E-state index is 10.8. The van der Waals surface area contributed by atoms with Crippen LogP contribution in [0.5, 0.6) is 5.75 Å². The van der Waals surface area contributed by atoms with Crippen molar-refractivity contribution in [2.45, 2.75) is 13.0 Å². The summed E-state index contributed by atoms with van der Waals surface area (Å²) in [6, 6.07) is 8.76. The van der Waals surface area contributed by atoms with Crippen LogP contribution in [0.4, 0.5) is 0 Å². The van der Waals surface area contributed by atoms with Crippen LogP contribution in [0.25, 0.3) is 0 Å². The molecule has 0 heterocycles. The van der Waals surface area contributed by atoms with Gasteiger partial charge in [0.15, 0.2) is 0 Å². The van der Waals surface area contributed by atoms with Crippen molar-refractivity contribution in [3.8, 4) is 5.75 Å². The minimum atomic E-state index is -0.528. The van der Waals surface area contributed by atoms with Crippen molar-refractivity contribution in [2.75, 3.05) is 6.61 Å². The molecule has 1 aromatic carbocycles. The Labute approximate surface area is 77.5 Å². The Balaban J connectivity index is 2.39. The molecule has 0 unspecified atom stereocenters. The topological polar surface area (TPSA) is 52.3 Å². The van der Waals surface area contributed by atoms with Crippen LogP contribution in [0, 0.1) is 0 Å². The first-order valence-electron chi connectivity index (χ1n) is 4.14. The van der Waals surface area contributed by atoms with Crippen LogP contribution < -0.4 is 10.5 Å². The number of hydrogen-bond acceptors (Lipinski definition) is 3. The summed E-state index contributed by atoms with van der Waals surface area (Å²) in [7, 11) is 0. The van der Waals surface area contributed by atoms with Crippen LogP contribution in [-0.2, 0) is 4.79 Å². The van der Waals surface area contributed by atoms with E-state index in [2.05, 4.69) is 0 Å². The molecule has 1 aromatic rings. The molecule has 0 bridgehead atoms. The van der Waals surface area contributed by atoms with Gasteiger partial charge in [-0.25, -0.2) is 0 Å². The number of rotatable bonds is 4. The fourth-order valence-electron chi connectivity index (χ4n) is 0.820. The lowest BCUT2D eigenvalue weighted by atomic mass is 10.2. The summed E-state index contributed by atoms with van der Waals surface area (Å²) < 4.78 is 5.28. The predicted molar refractivity (Wildman–Crippen MR) is 50.6 cm³/mol. The van der Waals surface area contributed by atoms with E-state index >= 15 is 0 Å². The molecule has 1 atom stereocenters. The third-order valence-corrected chi connectivity index (χ3v) is 1.69. The van der Waals surface area contributed by atoms with Crippen LogP contribution in [0.15, 0.2) is 30.3 Å². The Morgan fingerprint density at radius 3 is 2.62 bits per heavy atom. The Kier molecular flexibility index (Phi) is 3.46. The molecular formula is C10H13NO2. The van der Waals surface area contributed by atoms with Crippen molar-refractivity contribution in [2.24, 2.45) is 5.73 Å². The normalized spacial score (nSPS) is 12.2. The van der Waals surface area contributed by atoms with E-state index in [4.69, 9.17) is 10.5 Å². The van der Waals surface area contributed by atoms with Gasteiger partial charge in [0.2, 0.25) is 0 Å². The minimum absolute atomic E-state index is 0.0593. The molecule has 70 valence electrons. The number of benzene rings is 1. The summed E-state index contributed by atoms with van der Waals surface area (Å²) in [5.41, 5.74) is 5.49. The summed E-state index contributed by atoms with van der Waals surface area (Å²) >= 11 is 0. The molecule has 0 aromatic heterocycles. The molecule has 0 saturated heterocycles. The highest BCUT2D eigenvalue weighted by Crippen LogP contribution is 2.08. The second-order valence-corrected chi connectivity index (χ2v) is 2.84. The van der Waals surface area contributed by atoms with Gasteiger partial charge < -0.3 is 10.5 Å². The Hall–Kier alpha value is -1.35. The van der Waals surface area contributed by atoms with E-state index in [-0.39, 0.29) is 12.4 Å². The summed E-state index contributed by atoms with van der Waals surface area (Å²) in [4.78, 5) is 10.8. The van der Waals surface area contributed by atoms with Gasteiger partial charge in [0.05, 0.1) is 6.04 Å². The van der Waals surface area contributed by atoms with E-state index in [1.54, 1.807) is 0 Å². The second-order valence-electron chi connectivity index (χ2n) is 2.84. The molecule has 0 spiro atoms. The summed E-state index contributed by atoms with van der Waals surface area (Å²) in [5.74, 6) is 0.676. The van der Waals surface area contributed by atoms with Crippen LogP contribution in [0.1, 0.15) is 6.92 Å². The van der Waals surface area contributed by atoms with E-state index in [1.807, 2.05) is 30.3 Å². The molecule has 3 nitrogen and oxygen atoms in total. The highest BCUT2D eigenvalue weighted by molar-refractivity contribution is 5.81. The first kappa shape index (κ1) is 9.74. The molecule has 0 amide bonds. The second kappa shape index (κ2) is 4.62. The molecule has 0 radical (unpaired) electrons. The standard InChI is InChI=1S/C10H13NO2/c1-8(12)10(11)7-13-9-5-3-2-4-6-9/h2-6,10H,7,11H2,1H3/t10-/m0/s1. The number of carbonyl (C=O) groups is 1. The summed E-state index contributed by atoms with van der Waals surface area (Å²) in [6.45, 7) is 1.69. The Morgan fingerprint density at radius 2 is 2.08 bits per heavy atom. The number of hydrogen-bond donors (Lipinski definition) is 1. The zero-order valence-corrected chi connectivity index (χ0v) is 7.57. The van der Waals surface area contributed by atoms with Gasteiger partial charge >= 0.3 is 0 Å². The van der Waals surface area contributed by atoms with E-state index in [1.165, 1.54) is 6.92 Å². The first-order valence-corrected chi connectivity index (χ1v) is 4.14. The number of ketones is 1. The maximum atomic E-state index is 10.8. The van der Waals surface area contributed by atoms with Gasteiger partial charge in [0.1, 0.15) is 18.1 Å². The lowest BCUT2D eigenvalue weighted by Crippen LogP contribution is -2.34. The molecular weight excluding hydrogens is 166 g/mol. The van der Waals surface area contributed by atoms with Gasteiger partial charge in [0.25, 0.3) is 0 Å². The van der Waals surface area contributed by atoms with Crippen molar-refractivity contribution in [1.82, 2.24) is 0 Å². The third kappa shape index (κ3) is 3.25. The maximum Gasteiger partial charge on any atom is 0.149 e. The predicted octanol–water partition coefficient (Wildman–Crippen LogP) is 0.982. The van der Waals surface area contributed by atoms with Gasteiger partial charge in [-0.1, -0.05) is 18.2 Å². The summed E-state index contributed by atoms with van der Waals surface area (Å²) in [5, 5.41) is 0. The van der Waals surface area contributed by atoms with Crippen molar-refractivity contribution in [1.29, 1.82) is 0 Å². The van der Waals surface area contributed by atoms with E-state index in [9.17, 15) is 4.79 Å². The van der Waals surface area contributed by atoms with Crippen molar-refractivity contribution >= 4 is 5.78 Å². The van der Waals surface area contributed by atoms with Crippen LogP contribution >= 0.6 is 0 Å². The minimum Gasteiger partial charge on any atom is -0.492 e. The molecule has 0 aliphatic heterocycles. The lowest BCUT2D eigenvalue weighted by Gasteiger charge is -2.09. The van der Waals surface area contributed by atoms with Gasteiger partial charge in [-0.15, -0.1) is 0 Å². The van der Waals surface area contributed by atoms with Crippen LogP contribution in [0.2, 0.25) is 0 Å². The van der Waals surface area contributed by atoms with Gasteiger partial charge in [-0.2, -0.15) is 0 Å². The van der Waals surface area contributed by atoms with E-state index < -0.39 is 6.04 Å². The van der Waals surface area contributed by atoms with Crippen LogP contribution in [0.3, 0.4) is 0 Å². The molecule has 0 aliphatic rings. The average molecular weight is 179 g/mol. The molecule has 1 rings (SSSR count). The Bertz CT molecular complexity index is 272. The highest BCUT2D eigenvalue weighted by atomic mass is 16.5. The first-order chi connectivity index (χ1) is 6.20. The van der Waals surface area contributed by atoms with Gasteiger partial charge in [0, 0.05) is 0 Å². The highest BCUT2D eigenvalue weighted by Gasteiger charge is 2.07. The SMILES string of the molecule is CC(=O)[C@@H](N)COc1ccccc1. The molecule has 13 heavy (non-hydrogen) atoms. The molecule has 0 aliphatic carbocycles. The smallest absolute Gasteiger partial charge is 0.149 e. The van der Waals surface area contributed by atoms with Gasteiger partial charge in [-0.3, -0.25) is 4.79 Å². The summed E-state index contributed by atoms with van der Waals surface area (Å²) in [6.07, 6.45) is 0. The third-order valence-electron chi connectivity index (χ3n) is 1.69. The van der Waals surface area contributed by atoms with Crippen molar-refractivity contribution < 1.29 is 9.53 Å². The molecule has 3 heteroatoms. The number of carbonyl (C=O) groups excluding carboxylic acids is 1. The number of ether oxygens (including phenoxy) is 1. The quantitative estimate of drug-likeness (QED) is 0.749. The Morgan fingerprint density at radius 1 is 1.46 bits per heavy atom. The van der Waals surface area contributed by atoms with E-state index in [0.29, 0.717) is 0 Å². The zero-order chi connectivity index (χ0) is 9.68. The molecule has 0 saturated carbocycles. The molecule has 2 N–H and O–H groups in total. The van der Waals surface area contributed by atoms with Gasteiger partial charge in [-0.05, 0) is 19.1 Å². The van der Waals surface area contributed by atoms with Crippen LogP contribution in [-0.4, -0.2) is 18.4 Å². The zero-order valence-electron chi connectivity index (χ0n) is 7.57. The molecule has 0 fully saturated rings. The number of para-hydroxylation sites is 1. The van der Waals surface area contributed by atoms with Crippen molar-refractivity contribution in [3.63, 3.8) is 0 Å². The lowest BCUT2D eigenvalue weighted by molar-refractivity contribution is -0.118. The van der Waals surface area contributed by atoms with Crippen molar-refractivity contribution in [3.05, 3.63) is 30.3 Å². The monoisotopic (exact) mass is 179 g/mol. The number of Topliss-reactive ketones (excluding diaryl/α,β-unsaturated/α-hetero) is 1.